The third-order valence-corrected chi connectivity index (χ3v) is 12.5. The number of esters is 1. The average molecular weight is 852 g/mol. The number of hydrogen-bond donors (Lipinski definition) is 6. The molecule has 3 aliphatic rings. The van der Waals surface area contributed by atoms with E-state index in [0.717, 1.165) is 5.57 Å². The summed E-state index contributed by atoms with van der Waals surface area (Å²) in [6.07, 6.45) is 1.54. The highest BCUT2D eigenvalue weighted by molar-refractivity contribution is 5.87. The number of carbonyl (C=O) groups excluding carboxylic acids is 2. The van der Waals surface area contributed by atoms with Gasteiger partial charge in [0.25, 0.3) is 0 Å². The molecule has 0 aromatic carbocycles. The smallest absolute Gasteiger partial charge is 0.404 e. The molecule has 0 aromatic rings. The summed E-state index contributed by atoms with van der Waals surface area (Å²) in [4.78, 5) is 25.3. The molecule has 2 saturated heterocycles. The van der Waals surface area contributed by atoms with E-state index in [9.17, 15) is 35.1 Å². The number of hydrogen-bond acceptors (Lipinski definition) is 14. The van der Waals surface area contributed by atoms with Gasteiger partial charge in [-0.2, -0.15) is 0 Å². The van der Waals surface area contributed by atoms with Gasteiger partial charge >= 0.3 is 12.1 Å². The zero-order chi connectivity index (χ0) is 45.2. The first-order valence-electron chi connectivity index (χ1n) is 21.1. The summed E-state index contributed by atoms with van der Waals surface area (Å²) in [5.41, 5.74) is 6.76. The number of nitrogens with two attached hydrogens (primary N) is 1. The minimum atomic E-state index is -1.97. The largest absolute Gasteiger partial charge is 0.490 e. The zero-order valence-electron chi connectivity index (χ0n) is 37.5. The first kappa shape index (κ1) is 51.2. The lowest BCUT2D eigenvalue weighted by atomic mass is 9.77. The monoisotopic (exact) mass is 852 g/mol. The van der Waals surface area contributed by atoms with Crippen LogP contribution in [0.15, 0.2) is 59.4 Å². The van der Waals surface area contributed by atoms with E-state index < -0.39 is 103 Å². The van der Waals surface area contributed by atoms with Crippen molar-refractivity contribution in [3.8, 4) is 0 Å². The van der Waals surface area contributed by atoms with Crippen molar-refractivity contribution >= 4 is 12.1 Å². The SMILES string of the molecule is C/C=C/[C@H]1O[C@@](O)([C@H](C)[C@H](O)[C@H](C)[C@@H]2OC(=O)/C(OC)=C/C(C)=C/[C@H](C)[C@H](O)[C@H](C)[C@H](O)[C@@H](C)C/C(C)=C/C=C/[C@@H]2OC)C[C@@H](O[C@H]2C[C@@H](O)[C@H](OC(N)=O)[C@@H](C)O2)[C@@H]1C. The molecule has 0 bridgehead atoms. The van der Waals surface area contributed by atoms with E-state index in [0.29, 0.717) is 12.0 Å². The Morgan fingerprint density at radius 3 is 2.30 bits per heavy atom. The van der Waals surface area contributed by atoms with Gasteiger partial charge in [-0.1, -0.05) is 89.1 Å². The summed E-state index contributed by atoms with van der Waals surface area (Å²) in [6.45, 7) is 18.0. The predicted molar refractivity (Wildman–Crippen MR) is 224 cm³/mol. The van der Waals surface area contributed by atoms with Gasteiger partial charge in [0, 0.05) is 49.5 Å². The fourth-order valence-electron chi connectivity index (χ4n) is 8.64. The van der Waals surface area contributed by atoms with Crippen molar-refractivity contribution in [2.45, 2.75) is 162 Å². The Morgan fingerprint density at radius 2 is 1.72 bits per heavy atom. The van der Waals surface area contributed by atoms with Gasteiger partial charge in [-0.3, -0.25) is 0 Å². The summed E-state index contributed by atoms with van der Waals surface area (Å²) >= 11 is 0. The minimum Gasteiger partial charge on any atom is -0.490 e. The van der Waals surface area contributed by atoms with Crippen molar-refractivity contribution in [2.24, 2.45) is 41.2 Å². The van der Waals surface area contributed by atoms with Gasteiger partial charge in [0.2, 0.25) is 5.76 Å². The van der Waals surface area contributed by atoms with Crippen LogP contribution in [0.5, 0.6) is 0 Å². The molecule has 7 N–H and O–H groups in total. The van der Waals surface area contributed by atoms with Crippen molar-refractivity contribution in [3.05, 3.63) is 59.4 Å². The molecule has 60 heavy (non-hydrogen) atoms. The summed E-state index contributed by atoms with van der Waals surface area (Å²) in [5, 5.41) is 57.6. The van der Waals surface area contributed by atoms with E-state index >= 15 is 0 Å². The van der Waals surface area contributed by atoms with Crippen LogP contribution in [-0.4, -0.2) is 125 Å². The second-order valence-corrected chi connectivity index (χ2v) is 17.3. The van der Waals surface area contributed by atoms with Crippen molar-refractivity contribution in [1.29, 1.82) is 0 Å². The third-order valence-electron chi connectivity index (χ3n) is 12.5. The number of primary amides is 1. The van der Waals surface area contributed by atoms with Crippen LogP contribution in [-0.2, 0) is 38.0 Å². The molecule has 3 heterocycles. The average Bonchev–Trinajstić information content (AvgIpc) is 3.18. The second-order valence-electron chi connectivity index (χ2n) is 17.3. The molecule has 15 heteroatoms. The fraction of sp³-hybridized carbons (Fsp3) is 0.733. The molecule has 0 aliphatic carbocycles. The van der Waals surface area contributed by atoms with Crippen molar-refractivity contribution in [3.63, 3.8) is 0 Å². The molecule has 2 fully saturated rings. The molecular formula is C45H73NO14. The molecule has 0 radical (unpaired) electrons. The number of allylic oxidation sites excluding steroid dienone is 6. The summed E-state index contributed by atoms with van der Waals surface area (Å²) in [5.74, 6) is -6.06. The van der Waals surface area contributed by atoms with Crippen molar-refractivity contribution in [2.75, 3.05) is 14.2 Å². The van der Waals surface area contributed by atoms with E-state index in [-0.39, 0.29) is 36.4 Å². The van der Waals surface area contributed by atoms with Crippen LogP contribution in [0, 0.1) is 35.5 Å². The van der Waals surface area contributed by atoms with E-state index in [2.05, 4.69) is 0 Å². The molecule has 342 valence electrons. The Labute approximate surface area is 356 Å². The number of rotatable bonds is 10. The molecule has 0 aromatic heterocycles. The maximum Gasteiger partial charge on any atom is 0.404 e. The quantitative estimate of drug-likeness (QED) is 0.131. The van der Waals surface area contributed by atoms with E-state index in [4.69, 9.17) is 38.9 Å². The van der Waals surface area contributed by atoms with E-state index in [1.807, 2.05) is 47.6 Å². The Hall–Kier alpha value is -3.12. The topological polar surface area (TPSA) is 226 Å². The van der Waals surface area contributed by atoms with Gasteiger partial charge in [0.1, 0.15) is 12.2 Å². The molecular weight excluding hydrogens is 778 g/mol. The molecule has 0 unspecified atom stereocenters. The van der Waals surface area contributed by atoms with Crippen LogP contribution in [0.3, 0.4) is 0 Å². The Balaban J connectivity index is 1.99. The maximum absolute atomic E-state index is 13.9. The number of methoxy groups -OCH3 is 2. The lowest BCUT2D eigenvalue weighted by Crippen LogP contribution is -2.59. The highest BCUT2D eigenvalue weighted by Crippen LogP contribution is 2.42. The van der Waals surface area contributed by atoms with Gasteiger partial charge < -0.3 is 64.4 Å². The molecule has 15 nitrogen and oxygen atoms in total. The Morgan fingerprint density at radius 1 is 1.05 bits per heavy atom. The van der Waals surface area contributed by atoms with Crippen molar-refractivity contribution < 1.29 is 68.3 Å². The molecule has 3 rings (SSSR count). The highest BCUT2D eigenvalue weighted by atomic mass is 16.7. The Bertz CT molecular complexity index is 1550. The zero-order valence-corrected chi connectivity index (χ0v) is 37.5. The lowest BCUT2D eigenvalue weighted by Gasteiger charge is -2.49. The van der Waals surface area contributed by atoms with Crippen LogP contribution >= 0.6 is 0 Å². The van der Waals surface area contributed by atoms with Crippen LogP contribution in [0.25, 0.3) is 0 Å². The van der Waals surface area contributed by atoms with Crippen LogP contribution in [0.2, 0.25) is 0 Å². The first-order valence-corrected chi connectivity index (χ1v) is 21.1. The minimum absolute atomic E-state index is 0.0314. The van der Waals surface area contributed by atoms with Gasteiger partial charge in [0.05, 0.1) is 49.8 Å². The van der Waals surface area contributed by atoms with Gasteiger partial charge in [-0.25, -0.2) is 9.59 Å². The summed E-state index contributed by atoms with van der Waals surface area (Å²) in [6, 6.07) is 0. The third kappa shape index (κ3) is 13.2. The predicted octanol–water partition coefficient (Wildman–Crippen LogP) is 4.59. The number of cyclic esters (lactones) is 1. The second kappa shape index (κ2) is 22.8. The number of ether oxygens (including phenoxy) is 7. The Kier molecular flexibility index (Phi) is 19.5. The number of amides is 1. The van der Waals surface area contributed by atoms with Crippen LogP contribution in [0.1, 0.15) is 88.5 Å². The van der Waals surface area contributed by atoms with Gasteiger partial charge in [-0.05, 0) is 46.1 Å². The molecule has 18 atom stereocenters. The molecule has 0 spiro atoms. The summed E-state index contributed by atoms with van der Waals surface area (Å²) < 4.78 is 41.3. The number of aliphatic hydroxyl groups excluding tert-OH is 4. The lowest BCUT2D eigenvalue weighted by molar-refractivity contribution is -0.338. The fourth-order valence-corrected chi connectivity index (χ4v) is 8.64. The molecule has 3 aliphatic heterocycles. The van der Waals surface area contributed by atoms with Gasteiger partial charge in [-0.15, -0.1) is 0 Å². The van der Waals surface area contributed by atoms with Crippen LogP contribution < -0.4 is 5.73 Å². The first-order chi connectivity index (χ1) is 28.1. The number of aliphatic hydroxyl groups is 5. The standard InChI is InChI=1S/C45H73NO14/c1-13-15-33-27(6)36(57-37-21-32(47)42(31(10)56-37)59-44(46)52)22-45(53,60-33)30(9)40(50)29(8)41-34(54-11)17-14-16-23(2)18-25(4)38(48)28(7)39(49)26(5)19-24(3)20-35(55-12)43(51)58-41/h13-17,19-20,25-34,36-42,47-50,53H,18,21-22H2,1-12H3,(H2,46,52)/b15-13+,17-14+,23-16+,24-19+,35-20-/t25-,26-,27+,28+,29-,30+,31+,32+,33+,34-,36+,37-,38+,39-,40+,41-,42+,45+/m0/s1. The van der Waals surface area contributed by atoms with Gasteiger partial charge in [0.15, 0.2) is 18.2 Å². The van der Waals surface area contributed by atoms with E-state index in [1.165, 1.54) is 20.3 Å². The summed E-state index contributed by atoms with van der Waals surface area (Å²) in [7, 11) is 2.80. The van der Waals surface area contributed by atoms with E-state index in [1.54, 1.807) is 58.1 Å². The normalized spacial score (nSPS) is 42.7. The molecule has 0 saturated carbocycles. The van der Waals surface area contributed by atoms with Crippen LogP contribution in [0.4, 0.5) is 4.79 Å². The highest BCUT2D eigenvalue weighted by Gasteiger charge is 2.52. The van der Waals surface area contributed by atoms with Crippen molar-refractivity contribution in [1.82, 2.24) is 0 Å². The number of carbonyl (C=O) groups is 2. The maximum atomic E-state index is 13.9. The molecule has 1 amide bonds.